The van der Waals surface area contributed by atoms with Crippen molar-refractivity contribution in [2.45, 2.75) is 13.8 Å². The van der Waals surface area contributed by atoms with Crippen LogP contribution in [0.25, 0.3) is 0 Å². The minimum atomic E-state index is 0.666. The summed E-state index contributed by atoms with van der Waals surface area (Å²) in [5.41, 5.74) is 10.1. The fraction of sp³-hybridized carbons (Fsp3) is 0.462. The van der Waals surface area contributed by atoms with Gasteiger partial charge in [0.1, 0.15) is 18.2 Å². The summed E-state index contributed by atoms with van der Waals surface area (Å²) in [6.45, 7) is 6.65. The summed E-state index contributed by atoms with van der Waals surface area (Å²) in [5.74, 6) is 1.08. The van der Waals surface area contributed by atoms with E-state index < -0.39 is 0 Å². The predicted molar refractivity (Wildman–Crippen MR) is 73.3 cm³/mol. The van der Waals surface area contributed by atoms with Gasteiger partial charge in [0, 0.05) is 13.1 Å². The molecule has 3 rings (SSSR count). The van der Waals surface area contributed by atoms with Crippen molar-refractivity contribution >= 4 is 6.21 Å². The number of aliphatic imine (C=N–C) groups is 1. The van der Waals surface area contributed by atoms with Crippen LogP contribution in [0, 0.1) is 0 Å². The van der Waals surface area contributed by atoms with Gasteiger partial charge in [0.25, 0.3) is 0 Å². The van der Waals surface area contributed by atoms with Crippen molar-refractivity contribution in [2.75, 3.05) is 26.9 Å². The van der Waals surface area contributed by atoms with Gasteiger partial charge in [0.15, 0.2) is 0 Å². The predicted octanol–water partition coefficient (Wildman–Crippen LogP) is 0.786. The average molecular weight is 261 g/mol. The molecule has 3 heterocycles. The van der Waals surface area contributed by atoms with Crippen LogP contribution < -0.4 is 5.73 Å². The molecule has 0 bridgehead atoms. The van der Waals surface area contributed by atoms with E-state index in [1.54, 1.807) is 12.2 Å². The van der Waals surface area contributed by atoms with Gasteiger partial charge in [-0.3, -0.25) is 4.84 Å². The zero-order valence-corrected chi connectivity index (χ0v) is 11.6. The normalized spacial score (nSPS) is 22.1. The maximum absolute atomic E-state index is 6.19. The van der Waals surface area contributed by atoms with Crippen LogP contribution >= 0.6 is 0 Å². The Hall–Kier alpha value is -1.95. The fourth-order valence-corrected chi connectivity index (χ4v) is 2.62. The molecule has 3 aliphatic heterocycles. The molecule has 0 unspecified atom stereocenters. The summed E-state index contributed by atoms with van der Waals surface area (Å²) in [6, 6.07) is 0. The Morgan fingerprint density at radius 1 is 1.47 bits per heavy atom. The number of allylic oxidation sites excluding steroid dienone is 1. The third-order valence-corrected chi connectivity index (χ3v) is 3.72. The SMILES string of the molecule is CCN1CC(C)=C(N)C2=C1N1CN(OC)C=C1C=N2. The highest BCUT2D eigenvalue weighted by atomic mass is 16.7. The third-order valence-electron chi connectivity index (χ3n) is 3.72. The van der Waals surface area contributed by atoms with Crippen molar-refractivity contribution in [3.05, 3.63) is 34.7 Å². The van der Waals surface area contributed by atoms with Gasteiger partial charge in [-0.15, -0.1) is 0 Å². The molecule has 0 fully saturated rings. The number of hydroxylamine groups is 2. The van der Waals surface area contributed by atoms with Crippen LogP contribution in [-0.4, -0.2) is 47.9 Å². The number of likely N-dealkylation sites (N-methyl/N-ethyl adjacent to an activating group) is 1. The number of fused-ring (bicyclic) bond motifs is 2. The van der Waals surface area contributed by atoms with Crippen LogP contribution in [0.4, 0.5) is 0 Å². The summed E-state index contributed by atoms with van der Waals surface area (Å²) >= 11 is 0. The molecule has 19 heavy (non-hydrogen) atoms. The molecule has 2 N–H and O–H groups in total. The number of nitrogens with two attached hydrogens (primary N) is 1. The molecule has 0 aromatic heterocycles. The molecule has 0 amide bonds. The van der Waals surface area contributed by atoms with Crippen LogP contribution in [-0.2, 0) is 4.84 Å². The molecule has 102 valence electrons. The second-order valence-corrected chi connectivity index (χ2v) is 4.86. The Labute approximate surface area is 113 Å². The molecule has 6 heteroatoms. The molecule has 0 aliphatic carbocycles. The lowest BCUT2D eigenvalue weighted by molar-refractivity contribution is -0.0971. The molecule has 0 aromatic carbocycles. The molecule has 0 saturated carbocycles. The first-order valence-electron chi connectivity index (χ1n) is 6.44. The first-order valence-corrected chi connectivity index (χ1v) is 6.44. The van der Waals surface area contributed by atoms with Gasteiger partial charge in [0.05, 0.1) is 30.9 Å². The molecule has 0 saturated heterocycles. The van der Waals surface area contributed by atoms with Crippen molar-refractivity contribution in [3.63, 3.8) is 0 Å². The van der Waals surface area contributed by atoms with Crippen molar-refractivity contribution in [1.82, 2.24) is 14.9 Å². The summed E-state index contributed by atoms with van der Waals surface area (Å²) < 4.78 is 0. The summed E-state index contributed by atoms with van der Waals surface area (Å²) in [6.07, 6.45) is 3.79. The Kier molecular flexibility index (Phi) is 2.74. The Bertz CT molecular complexity index is 531. The number of hydrogen-bond donors (Lipinski definition) is 1. The summed E-state index contributed by atoms with van der Waals surface area (Å²) in [5, 5.41) is 1.78. The summed E-state index contributed by atoms with van der Waals surface area (Å²) in [4.78, 5) is 14.3. The Morgan fingerprint density at radius 2 is 2.26 bits per heavy atom. The lowest BCUT2D eigenvalue weighted by Gasteiger charge is -2.39. The molecular formula is C13H19N5O. The Balaban J connectivity index is 2.06. The van der Waals surface area contributed by atoms with Crippen LogP contribution in [0.3, 0.4) is 0 Å². The molecule has 0 aromatic rings. The van der Waals surface area contributed by atoms with Crippen LogP contribution in [0.15, 0.2) is 39.7 Å². The van der Waals surface area contributed by atoms with E-state index in [1.165, 1.54) is 5.57 Å². The lowest BCUT2D eigenvalue weighted by atomic mass is 10.1. The van der Waals surface area contributed by atoms with Crippen molar-refractivity contribution in [1.29, 1.82) is 0 Å². The van der Waals surface area contributed by atoms with E-state index in [2.05, 4.69) is 28.6 Å². The molecular weight excluding hydrogens is 242 g/mol. The second-order valence-electron chi connectivity index (χ2n) is 4.86. The van der Waals surface area contributed by atoms with Crippen LogP contribution in [0.2, 0.25) is 0 Å². The van der Waals surface area contributed by atoms with Gasteiger partial charge in [-0.2, -0.15) is 0 Å². The topological polar surface area (TPSA) is 57.3 Å². The molecule has 6 nitrogen and oxygen atoms in total. The average Bonchev–Trinajstić information content (AvgIpc) is 2.85. The Morgan fingerprint density at radius 3 is 2.95 bits per heavy atom. The zero-order chi connectivity index (χ0) is 13.6. The highest BCUT2D eigenvalue weighted by Crippen LogP contribution is 2.34. The van der Waals surface area contributed by atoms with Gasteiger partial charge >= 0.3 is 0 Å². The monoisotopic (exact) mass is 261 g/mol. The van der Waals surface area contributed by atoms with Gasteiger partial charge in [-0.05, 0) is 19.4 Å². The van der Waals surface area contributed by atoms with Crippen molar-refractivity contribution in [3.8, 4) is 0 Å². The summed E-state index contributed by atoms with van der Waals surface area (Å²) in [7, 11) is 1.67. The zero-order valence-electron chi connectivity index (χ0n) is 11.6. The number of hydrogen-bond acceptors (Lipinski definition) is 6. The molecule has 0 spiro atoms. The first-order chi connectivity index (χ1) is 9.15. The molecule has 0 radical (unpaired) electrons. The van der Waals surface area contributed by atoms with Crippen LogP contribution in [0.5, 0.6) is 0 Å². The maximum atomic E-state index is 6.19. The van der Waals surface area contributed by atoms with E-state index in [-0.39, 0.29) is 0 Å². The van der Waals surface area contributed by atoms with Gasteiger partial charge in [-0.1, -0.05) is 0 Å². The molecule has 0 atom stereocenters. The largest absolute Gasteiger partial charge is 0.397 e. The smallest absolute Gasteiger partial charge is 0.139 e. The standard InChI is InChI=1S/C13H19N5O/c1-4-16-6-9(2)11(14)12-13(16)18-8-17(19-3)7-10(18)5-15-12/h5,7H,4,6,8,14H2,1-3H3. The van der Waals surface area contributed by atoms with Crippen molar-refractivity contribution < 1.29 is 4.84 Å². The second kappa shape index (κ2) is 4.31. The first kappa shape index (κ1) is 12.1. The number of nitrogens with zero attached hydrogens (tertiary/aromatic N) is 4. The van der Waals surface area contributed by atoms with Crippen molar-refractivity contribution in [2.24, 2.45) is 10.7 Å². The van der Waals surface area contributed by atoms with Gasteiger partial charge in [-0.25, -0.2) is 10.1 Å². The highest BCUT2D eigenvalue weighted by molar-refractivity contribution is 5.82. The minimum Gasteiger partial charge on any atom is -0.397 e. The van der Waals surface area contributed by atoms with E-state index in [4.69, 9.17) is 10.6 Å². The minimum absolute atomic E-state index is 0.666. The van der Waals surface area contributed by atoms with Crippen LogP contribution in [0.1, 0.15) is 13.8 Å². The lowest BCUT2D eigenvalue weighted by Crippen LogP contribution is -2.42. The van der Waals surface area contributed by atoms with E-state index in [0.29, 0.717) is 6.67 Å². The van der Waals surface area contributed by atoms with Gasteiger partial charge < -0.3 is 15.5 Å². The molecule has 3 aliphatic rings. The highest BCUT2D eigenvalue weighted by Gasteiger charge is 2.34. The van der Waals surface area contributed by atoms with E-state index in [0.717, 1.165) is 36.0 Å². The van der Waals surface area contributed by atoms with Gasteiger partial charge in [0.2, 0.25) is 0 Å². The fourth-order valence-electron chi connectivity index (χ4n) is 2.62. The quantitative estimate of drug-likeness (QED) is 0.796. The number of rotatable bonds is 2. The van der Waals surface area contributed by atoms with E-state index in [9.17, 15) is 0 Å². The third kappa shape index (κ3) is 1.71. The van der Waals surface area contributed by atoms with E-state index >= 15 is 0 Å². The van der Waals surface area contributed by atoms with E-state index in [1.807, 2.05) is 12.4 Å². The maximum Gasteiger partial charge on any atom is 0.139 e.